The highest BCUT2D eigenvalue weighted by Gasteiger charge is 2.07. The van der Waals surface area contributed by atoms with Crippen LogP contribution in [-0.4, -0.2) is 23.7 Å². The standard InChI is InChI=1S/C11H16N2O2/c1-9(11(14)15)13-12-8-7-10-5-3-2-4-6-10/h2-6,9,12-13H,7-8H2,1H3,(H,14,15)/t9-/m0/s1. The highest BCUT2D eigenvalue weighted by atomic mass is 16.4. The van der Waals surface area contributed by atoms with Gasteiger partial charge in [0.1, 0.15) is 6.04 Å². The molecule has 0 unspecified atom stereocenters. The molecule has 1 aromatic rings. The van der Waals surface area contributed by atoms with Crippen molar-refractivity contribution in [2.45, 2.75) is 19.4 Å². The van der Waals surface area contributed by atoms with Gasteiger partial charge in [0, 0.05) is 6.54 Å². The lowest BCUT2D eigenvalue weighted by molar-refractivity contribution is -0.139. The van der Waals surface area contributed by atoms with E-state index in [1.54, 1.807) is 6.92 Å². The molecule has 1 atom stereocenters. The number of benzene rings is 1. The van der Waals surface area contributed by atoms with E-state index in [9.17, 15) is 4.79 Å². The van der Waals surface area contributed by atoms with Crippen molar-refractivity contribution in [2.24, 2.45) is 0 Å². The summed E-state index contributed by atoms with van der Waals surface area (Å²) in [5, 5.41) is 8.60. The second-order valence-electron chi connectivity index (χ2n) is 3.37. The number of hydrazine groups is 1. The number of hydrogen-bond donors (Lipinski definition) is 3. The summed E-state index contributed by atoms with van der Waals surface area (Å²) in [5.74, 6) is -0.859. The average molecular weight is 208 g/mol. The maximum absolute atomic E-state index is 10.5. The van der Waals surface area contributed by atoms with Gasteiger partial charge in [-0.25, -0.2) is 5.43 Å². The first-order valence-electron chi connectivity index (χ1n) is 4.95. The Bertz CT molecular complexity index is 301. The van der Waals surface area contributed by atoms with Crippen molar-refractivity contribution >= 4 is 5.97 Å². The van der Waals surface area contributed by atoms with E-state index in [-0.39, 0.29) is 0 Å². The topological polar surface area (TPSA) is 61.4 Å². The van der Waals surface area contributed by atoms with Crippen molar-refractivity contribution in [3.05, 3.63) is 35.9 Å². The van der Waals surface area contributed by atoms with Crippen LogP contribution in [0.15, 0.2) is 30.3 Å². The van der Waals surface area contributed by atoms with Gasteiger partial charge in [-0.3, -0.25) is 10.2 Å². The van der Waals surface area contributed by atoms with Crippen LogP contribution in [0, 0.1) is 0 Å². The van der Waals surface area contributed by atoms with Gasteiger partial charge >= 0.3 is 5.97 Å². The van der Waals surface area contributed by atoms with Crippen LogP contribution in [0.25, 0.3) is 0 Å². The van der Waals surface area contributed by atoms with Crippen LogP contribution in [0.2, 0.25) is 0 Å². The molecule has 0 radical (unpaired) electrons. The molecule has 0 aliphatic heterocycles. The molecule has 0 amide bonds. The van der Waals surface area contributed by atoms with Gasteiger partial charge in [0.2, 0.25) is 0 Å². The number of hydrogen-bond acceptors (Lipinski definition) is 3. The molecule has 0 saturated carbocycles. The molecule has 0 fully saturated rings. The van der Waals surface area contributed by atoms with Crippen LogP contribution in [0.3, 0.4) is 0 Å². The third kappa shape index (κ3) is 4.58. The highest BCUT2D eigenvalue weighted by Crippen LogP contribution is 1.97. The lowest BCUT2D eigenvalue weighted by Gasteiger charge is -2.10. The molecule has 0 aromatic heterocycles. The van der Waals surface area contributed by atoms with Crippen LogP contribution in [-0.2, 0) is 11.2 Å². The fraction of sp³-hybridized carbons (Fsp3) is 0.364. The molecule has 0 aliphatic carbocycles. The lowest BCUT2D eigenvalue weighted by Crippen LogP contribution is -2.44. The quantitative estimate of drug-likeness (QED) is 0.478. The van der Waals surface area contributed by atoms with Crippen LogP contribution in [0.5, 0.6) is 0 Å². The van der Waals surface area contributed by atoms with Crippen molar-refractivity contribution in [2.75, 3.05) is 6.54 Å². The Hall–Kier alpha value is -1.39. The predicted molar refractivity (Wildman–Crippen MR) is 58.4 cm³/mol. The molecule has 0 bridgehead atoms. The summed E-state index contributed by atoms with van der Waals surface area (Å²) in [6.07, 6.45) is 0.875. The smallest absolute Gasteiger partial charge is 0.321 e. The van der Waals surface area contributed by atoms with Gasteiger partial charge in [0.25, 0.3) is 0 Å². The third-order valence-corrected chi connectivity index (χ3v) is 2.07. The number of carboxylic acids is 1. The number of carbonyl (C=O) groups is 1. The number of carboxylic acid groups (broad SMARTS) is 1. The molecular weight excluding hydrogens is 192 g/mol. The summed E-state index contributed by atoms with van der Waals surface area (Å²) >= 11 is 0. The third-order valence-electron chi connectivity index (χ3n) is 2.07. The molecule has 0 heterocycles. The van der Waals surface area contributed by atoms with Gasteiger partial charge in [-0.15, -0.1) is 0 Å². The normalized spacial score (nSPS) is 12.3. The molecule has 82 valence electrons. The molecule has 0 spiro atoms. The molecule has 0 saturated heterocycles. The zero-order valence-corrected chi connectivity index (χ0v) is 8.73. The minimum Gasteiger partial charge on any atom is -0.480 e. The van der Waals surface area contributed by atoms with Gasteiger partial charge in [0.15, 0.2) is 0 Å². The maximum atomic E-state index is 10.5. The first-order chi connectivity index (χ1) is 7.20. The van der Waals surface area contributed by atoms with E-state index in [2.05, 4.69) is 10.9 Å². The van der Waals surface area contributed by atoms with Crippen molar-refractivity contribution in [1.29, 1.82) is 0 Å². The summed E-state index contributed by atoms with van der Waals surface area (Å²) in [5.41, 5.74) is 6.82. The number of nitrogens with one attached hydrogen (secondary N) is 2. The van der Waals surface area contributed by atoms with E-state index in [0.717, 1.165) is 6.42 Å². The first kappa shape index (κ1) is 11.7. The highest BCUT2D eigenvalue weighted by molar-refractivity contribution is 5.72. The zero-order chi connectivity index (χ0) is 11.1. The Balaban J connectivity index is 2.15. The number of rotatable bonds is 6. The largest absolute Gasteiger partial charge is 0.480 e. The van der Waals surface area contributed by atoms with E-state index in [1.807, 2.05) is 30.3 Å². The molecule has 1 rings (SSSR count). The second kappa shape index (κ2) is 6.16. The van der Waals surface area contributed by atoms with Crippen molar-refractivity contribution in [1.82, 2.24) is 10.9 Å². The van der Waals surface area contributed by atoms with E-state index in [4.69, 9.17) is 5.11 Å². The summed E-state index contributed by atoms with van der Waals surface area (Å²) < 4.78 is 0. The van der Waals surface area contributed by atoms with E-state index in [0.29, 0.717) is 6.54 Å². The molecule has 0 aliphatic rings. The molecule has 15 heavy (non-hydrogen) atoms. The Kier molecular flexibility index (Phi) is 4.80. The van der Waals surface area contributed by atoms with E-state index < -0.39 is 12.0 Å². The van der Waals surface area contributed by atoms with Gasteiger partial charge in [-0.1, -0.05) is 30.3 Å². The van der Waals surface area contributed by atoms with Gasteiger partial charge < -0.3 is 5.11 Å². The van der Waals surface area contributed by atoms with Crippen molar-refractivity contribution < 1.29 is 9.90 Å². The molecule has 3 N–H and O–H groups in total. The van der Waals surface area contributed by atoms with Gasteiger partial charge in [-0.2, -0.15) is 0 Å². The Labute approximate surface area is 89.3 Å². The average Bonchev–Trinajstić information content (AvgIpc) is 2.25. The first-order valence-corrected chi connectivity index (χ1v) is 4.95. The van der Waals surface area contributed by atoms with Crippen molar-refractivity contribution in [3.8, 4) is 0 Å². The predicted octanol–water partition coefficient (Wildman–Crippen LogP) is 0.796. The molecule has 1 aromatic carbocycles. The van der Waals surface area contributed by atoms with Crippen LogP contribution in [0.1, 0.15) is 12.5 Å². The molecule has 4 nitrogen and oxygen atoms in total. The zero-order valence-electron chi connectivity index (χ0n) is 8.73. The number of aliphatic carboxylic acids is 1. The Morgan fingerprint density at radius 3 is 2.67 bits per heavy atom. The molecule has 4 heteroatoms. The summed E-state index contributed by atoms with van der Waals surface area (Å²) in [7, 11) is 0. The SMILES string of the molecule is C[C@H](NNCCc1ccccc1)C(=O)O. The molecular formula is C11H16N2O2. The van der Waals surface area contributed by atoms with E-state index in [1.165, 1.54) is 5.56 Å². The minimum absolute atomic E-state index is 0.569. The minimum atomic E-state index is -0.859. The van der Waals surface area contributed by atoms with E-state index >= 15 is 0 Å². The maximum Gasteiger partial charge on any atom is 0.321 e. The van der Waals surface area contributed by atoms with Crippen molar-refractivity contribution in [3.63, 3.8) is 0 Å². The Morgan fingerprint density at radius 1 is 1.40 bits per heavy atom. The van der Waals surface area contributed by atoms with Gasteiger partial charge in [-0.05, 0) is 18.9 Å². The summed E-state index contributed by atoms with van der Waals surface area (Å²) in [6, 6.07) is 9.47. The van der Waals surface area contributed by atoms with Gasteiger partial charge in [0.05, 0.1) is 0 Å². The Morgan fingerprint density at radius 2 is 2.07 bits per heavy atom. The van der Waals surface area contributed by atoms with Crippen LogP contribution < -0.4 is 10.9 Å². The van der Waals surface area contributed by atoms with Crippen LogP contribution >= 0.6 is 0 Å². The fourth-order valence-electron chi connectivity index (χ4n) is 1.14. The summed E-state index contributed by atoms with van der Waals surface area (Å²) in [6.45, 7) is 2.31. The monoisotopic (exact) mass is 208 g/mol. The van der Waals surface area contributed by atoms with Crippen LogP contribution in [0.4, 0.5) is 0 Å². The lowest BCUT2D eigenvalue weighted by atomic mass is 10.2. The summed E-state index contributed by atoms with van der Waals surface area (Å²) in [4.78, 5) is 10.5. The second-order valence-corrected chi connectivity index (χ2v) is 3.37. The fourth-order valence-corrected chi connectivity index (χ4v) is 1.14.